The van der Waals surface area contributed by atoms with Crippen LogP contribution in [0.4, 0.5) is 0 Å². The van der Waals surface area contributed by atoms with Crippen molar-refractivity contribution in [1.29, 1.82) is 0 Å². The van der Waals surface area contributed by atoms with Crippen LogP contribution >= 0.6 is 12.2 Å². The Morgan fingerprint density at radius 2 is 2.08 bits per heavy atom. The predicted molar refractivity (Wildman–Crippen MR) is 99.6 cm³/mol. The summed E-state index contributed by atoms with van der Waals surface area (Å²) in [7, 11) is 0. The van der Waals surface area contributed by atoms with Crippen molar-refractivity contribution < 1.29 is 9.47 Å². The third kappa shape index (κ3) is 2.76. The molecule has 3 aliphatic carbocycles. The number of rotatable bonds is 3. The summed E-state index contributed by atoms with van der Waals surface area (Å²) < 4.78 is 10.7. The highest BCUT2D eigenvalue weighted by Gasteiger charge is 2.52. The Hall–Kier alpha value is -1.82. The van der Waals surface area contributed by atoms with Crippen LogP contribution in [0.5, 0.6) is 11.5 Å². The second-order valence-corrected chi connectivity index (χ2v) is 8.06. The molecular weight excluding hydrogens is 334 g/mol. The normalized spacial score (nSPS) is 32.9. The van der Waals surface area contributed by atoms with E-state index in [1.807, 2.05) is 18.2 Å². The highest BCUT2D eigenvalue weighted by atomic mass is 32.1. The van der Waals surface area contributed by atoms with Crippen LogP contribution < -0.4 is 20.2 Å². The van der Waals surface area contributed by atoms with Crippen molar-refractivity contribution in [3.8, 4) is 11.5 Å². The van der Waals surface area contributed by atoms with Crippen molar-refractivity contribution in [3.05, 3.63) is 23.8 Å². The van der Waals surface area contributed by atoms with E-state index in [2.05, 4.69) is 15.8 Å². The Labute approximate surface area is 153 Å². The lowest BCUT2D eigenvalue weighted by Crippen LogP contribution is -2.34. The molecule has 0 spiro atoms. The molecular formula is C19H23N3O2S. The van der Waals surface area contributed by atoms with Crippen LogP contribution in [0.15, 0.2) is 23.3 Å². The Morgan fingerprint density at radius 3 is 3.04 bits per heavy atom. The quantitative estimate of drug-likeness (QED) is 0.643. The first-order valence-corrected chi connectivity index (χ1v) is 9.67. The van der Waals surface area contributed by atoms with Crippen LogP contribution in [0.3, 0.4) is 0 Å². The molecule has 0 saturated heterocycles. The number of hydrazone groups is 1. The molecule has 6 heteroatoms. The van der Waals surface area contributed by atoms with E-state index in [0.717, 1.165) is 34.8 Å². The molecule has 5 nitrogen and oxygen atoms in total. The van der Waals surface area contributed by atoms with E-state index in [9.17, 15) is 0 Å². The molecule has 3 fully saturated rings. The Balaban J connectivity index is 1.15. The van der Waals surface area contributed by atoms with Gasteiger partial charge in [-0.25, -0.2) is 0 Å². The molecule has 1 aliphatic heterocycles. The summed E-state index contributed by atoms with van der Waals surface area (Å²) in [5.74, 6) is 5.08. The summed E-state index contributed by atoms with van der Waals surface area (Å²) in [6, 6.07) is 5.94. The minimum Gasteiger partial charge on any atom is -0.454 e. The number of nitrogens with one attached hydrogen (secondary N) is 2. The molecule has 2 bridgehead atoms. The maximum atomic E-state index is 5.40. The van der Waals surface area contributed by atoms with Gasteiger partial charge in [-0.3, -0.25) is 5.43 Å². The summed E-state index contributed by atoms with van der Waals surface area (Å²) in [4.78, 5) is 0. The lowest BCUT2D eigenvalue weighted by molar-refractivity contribution is 0.174. The number of hydrogen-bond acceptors (Lipinski definition) is 4. The van der Waals surface area contributed by atoms with Gasteiger partial charge in [-0.05, 0) is 73.4 Å². The molecule has 0 amide bonds. The van der Waals surface area contributed by atoms with Crippen LogP contribution in [0.25, 0.3) is 0 Å². The van der Waals surface area contributed by atoms with Gasteiger partial charge >= 0.3 is 0 Å². The Bertz CT molecular complexity index is 735. The van der Waals surface area contributed by atoms with Crippen LogP contribution in [-0.4, -0.2) is 17.6 Å². The molecule has 1 heterocycles. The smallest absolute Gasteiger partial charge is 0.231 e. The molecule has 4 aliphatic rings. The van der Waals surface area contributed by atoms with Crippen LogP contribution in [-0.2, 0) is 6.54 Å². The summed E-state index contributed by atoms with van der Waals surface area (Å²) >= 11 is 5.38. The molecule has 4 unspecified atom stereocenters. The topological polar surface area (TPSA) is 54.9 Å². The number of benzene rings is 1. The van der Waals surface area contributed by atoms with E-state index in [4.69, 9.17) is 21.7 Å². The van der Waals surface area contributed by atoms with Crippen molar-refractivity contribution >= 4 is 23.0 Å². The zero-order valence-electron chi connectivity index (χ0n) is 14.2. The van der Waals surface area contributed by atoms with E-state index >= 15 is 0 Å². The van der Waals surface area contributed by atoms with Crippen LogP contribution in [0.1, 0.15) is 37.7 Å². The number of nitrogens with zero attached hydrogens (tertiary/aromatic N) is 1. The molecule has 1 aromatic rings. The van der Waals surface area contributed by atoms with Gasteiger partial charge in [-0.15, -0.1) is 0 Å². The zero-order valence-corrected chi connectivity index (χ0v) is 15.0. The van der Waals surface area contributed by atoms with Gasteiger partial charge in [0.05, 0.1) is 0 Å². The third-order valence-corrected chi connectivity index (χ3v) is 6.63. The summed E-state index contributed by atoms with van der Waals surface area (Å²) in [5, 5.41) is 8.46. The van der Waals surface area contributed by atoms with Gasteiger partial charge < -0.3 is 14.8 Å². The summed E-state index contributed by atoms with van der Waals surface area (Å²) in [5.41, 5.74) is 5.52. The zero-order chi connectivity index (χ0) is 16.8. The van der Waals surface area contributed by atoms with Gasteiger partial charge in [0.1, 0.15) is 0 Å². The van der Waals surface area contributed by atoms with Crippen LogP contribution in [0, 0.1) is 23.7 Å². The Kier molecular flexibility index (Phi) is 3.81. The van der Waals surface area contributed by atoms with Gasteiger partial charge in [0, 0.05) is 18.2 Å². The van der Waals surface area contributed by atoms with Gasteiger partial charge in [-0.1, -0.05) is 12.5 Å². The van der Waals surface area contributed by atoms with Crippen molar-refractivity contribution in [1.82, 2.24) is 10.7 Å². The minimum absolute atomic E-state index is 0.299. The van der Waals surface area contributed by atoms with Crippen molar-refractivity contribution in [2.45, 2.75) is 38.6 Å². The van der Waals surface area contributed by atoms with Gasteiger partial charge in [0.2, 0.25) is 6.79 Å². The summed E-state index contributed by atoms with van der Waals surface area (Å²) in [6.07, 6.45) is 6.79. The molecule has 0 aromatic heterocycles. The van der Waals surface area contributed by atoms with Gasteiger partial charge in [0.25, 0.3) is 0 Å². The lowest BCUT2D eigenvalue weighted by atomic mass is 9.81. The predicted octanol–water partition coefficient (Wildman–Crippen LogP) is 3.19. The first-order valence-electron chi connectivity index (χ1n) is 9.27. The molecule has 5 rings (SSSR count). The molecule has 3 saturated carbocycles. The minimum atomic E-state index is 0.299. The van der Waals surface area contributed by atoms with Gasteiger partial charge in [-0.2, -0.15) is 5.10 Å². The fourth-order valence-corrected chi connectivity index (χ4v) is 5.46. The third-order valence-electron chi connectivity index (χ3n) is 6.39. The largest absolute Gasteiger partial charge is 0.454 e. The molecule has 2 N–H and O–H groups in total. The number of ether oxygens (including phenoxy) is 2. The monoisotopic (exact) mass is 357 g/mol. The maximum Gasteiger partial charge on any atom is 0.231 e. The molecule has 4 atom stereocenters. The average molecular weight is 357 g/mol. The van der Waals surface area contributed by atoms with Crippen molar-refractivity contribution in [3.63, 3.8) is 0 Å². The first kappa shape index (κ1) is 15.4. The second kappa shape index (κ2) is 6.16. The van der Waals surface area contributed by atoms with Crippen molar-refractivity contribution in [2.75, 3.05) is 6.79 Å². The fraction of sp³-hybridized carbons (Fsp3) is 0.579. The van der Waals surface area contributed by atoms with E-state index in [1.165, 1.54) is 37.8 Å². The van der Waals surface area contributed by atoms with E-state index in [0.29, 0.717) is 24.4 Å². The number of thiocarbonyl (C=S) groups is 1. The van der Waals surface area contributed by atoms with Crippen LogP contribution in [0.2, 0.25) is 0 Å². The van der Waals surface area contributed by atoms with Gasteiger partial charge in [0.15, 0.2) is 16.6 Å². The first-order chi connectivity index (χ1) is 12.3. The molecule has 0 radical (unpaired) electrons. The summed E-state index contributed by atoms with van der Waals surface area (Å²) in [6.45, 7) is 0.942. The van der Waals surface area contributed by atoms with E-state index in [1.54, 1.807) is 0 Å². The van der Waals surface area contributed by atoms with E-state index in [-0.39, 0.29) is 0 Å². The maximum absolute atomic E-state index is 5.40. The lowest BCUT2D eigenvalue weighted by Gasteiger charge is -2.25. The standard InChI is InChI=1S/C19H23N3O2S/c25-19(20-9-11-4-5-17-18(6-11)24-10-23-17)22-21-16-8-12-7-15(16)14-3-1-2-13(12)14/h4-6,12-15H,1-3,7-10H2,(H2,20,22,25)/b21-16-. The molecule has 1 aromatic carbocycles. The highest BCUT2D eigenvalue weighted by molar-refractivity contribution is 7.80. The second-order valence-electron chi connectivity index (χ2n) is 7.65. The average Bonchev–Trinajstić information content (AvgIpc) is 3.39. The molecule has 25 heavy (non-hydrogen) atoms. The van der Waals surface area contributed by atoms with Crippen molar-refractivity contribution in [2.24, 2.45) is 28.8 Å². The number of hydrogen-bond donors (Lipinski definition) is 2. The number of fused-ring (bicyclic) bond motifs is 6. The molecule has 132 valence electrons. The SMILES string of the molecule is S=C(NCc1ccc2c(c1)OCO2)N/N=C1/CC2CC1C1CCCC21. The van der Waals surface area contributed by atoms with E-state index < -0.39 is 0 Å². The Morgan fingerprint density at radius 1 is 1.20 bits per heavy atom. The highest BCUT2D eigenvalue weighted by Crippen LogP contribution is 2.57. The fourth-order valence-electron chi connectivity index (χ4n) is 5.34.